The van der Waals surface area contributed by atoms with Crippen LogP contribution in [0, 0.1) is 0 Å². The van der Waals surface area contributed by atoms with E-state index < -0.39 is 0 Å². The number of benzene rings is 1. The van der Waals surface area contributed by atoms with Gasteiger partial charge in [-0.3, -0.25) is 9.89 Å². The number of unbranched alkanes of at least 4 members (excludes halogenated alkanes) is 1. The summed E-state index contributed by atoms with van der Waals surface area (Å²) in [6.07, 6.45) is 2.41. The summed E-state index contributed by atoms with van der Waals surface area (Å²) >= 11 is 0. The number of hydrogen-bond donors (Lipinski definition) is 2. The van der Waals surface area contributed by atoms with Crippen molar-refractivity contribution in [2.24, 2.45) is 4.99 Å². The number of aliphatic imine (C=N–C) groups is 1. The van der Waals surface area contributed by atoms with Crippen molar-refractivity contribution in [1.82, 2.24) is 25.3 Å². The number of halogens is 1. The van der Waals surface area contributed by atoms with Crippen molar-refractivity contribution in [3.8, 4) is 0 Å². The van der Waals surface area contributed by atoms with Crippen molar-refractivity contribution in [2.45, 2.75) is 32.7 Å². The Morgan fingerprint density at radius 2 is 1.70 bits per heavy atom. The van der Waals surface area contributed by atoms with Gasteiger partial charge in [-0.2, -0.15) is 0 Å². The molecule has 1 atom stereocenters. The predicted octanol–water partition coefficient (Wildman–Crippen LogP) is 2.88. The van der Waals surface area contributed by atoms with Crippen LogP contribution in [0.25, 0.3) is 0 Å². The standard InChI is InChI=1S/C23H42N6.HI/c1-5-29(6-2)22(21-12-8-7-9-13-21)20-26-23(24-3)25-14-10-11-15-28-18-16-27(4)17-19-28;/h7-9,12-13,22H,5-6,10-11,14-20H2,1-4H3,(H2,24,25,26);1H. The van der Waals surface area contributed by atoms with Gasteiger partial charge in [-0.1, -0.05) is 44.2 Å². The van der Waals surface area contributed by atoms with Crippen LogP contribution in [0.3, 0.4) is 0 Å². The van der Waals surface area contributed by atoms with Crippen LogP contribution < -0.4 is 10.6 Å². The van der Waals surface area contributed by atoms with Gasteiger partial charge in [0.05, 0.1) is 6.04 Å². The number of rotatable bonds is 11. The zero-order valence-electron chi connectivity index (χ0n) is 19.4. The molecule has 172 valence electrons. The average Bonchev–Trinajstić information content (AvgIpc) is 2.76. The number of likely N-dealkylation sites (N-methyl/N-ethyl adjacent to an activating group) is 2. The molecule has 1 aliphatic heterocycles. The molecule has 0 bridgehead atoms. The van der Waals surface area contributed by atoms with Gasteiger partial charge in [0, 0.05) is 46.3 Å². The summed E-state index contributed by atoms with van der Waals surface area (Å²) in [5.74, 6) is 0.901. The fourth-order valence-corrected chi connectivity index (χ4v) is 3.95. The van der Waals surface area contributed by atoms with Gasteiger partial charge in [-0.25, -0.2) is 0 Å². The maximum atomic E-state index is 4.42. The zero-order chi connectivity index (χ0) is 20.9. The first kappa shape index (κ1) is 27.1. The lowest BCUT2D eigenvalue weighted by Crippen LogP contribution is -2.45. The van der Waals surface area contributed by atoms with Gasteiger partial charge in [0.25, 0.3) is 0 Å². The topological polar surface area (TPSA) is 46.1 Å². The molecule has 1 unspecified atom stereocenters. The minimum absolute atomic E-state index is 0. The lowest BCUT2D eigenvalue weighted by molar-refractivity contribution is 0.152. The van der Waals surface area contributed by atoms with Crippen LogP contribution in [0.2, 0.25) is 0 Å². The highest BCUT2D eigenvalue weighted by atomic mass is 127. The summed E-state index contributed by atoms with van der Waals surface area (Å²) in [4.78, 5) is 11.9. The van der Waals surface area contributed by atoms with Gasteiger partial charge in [0.2, 0.25) is 0 Å². The molecule has 0 aromatic heterocycles. The van der Waals surface area contributed by atoms with Gasteiger partial charge in [0.15, 0.2) is 5.96 Å². The van der Waals surface area contributed by atoms with Crippen LogP contribution in [-0.4, -0.2) is 93.7 Å². The highest BCUT2D eigenvalue weighted by molar-refractivity contribution is 14.0. The van der Waals surface area contributed by atoms with Crippen LogP contribution in [0.15, 0.2) is 35.3 Å². The van der Waals surface area contributed by atoms with Gasteiger partial charge in [0.1, 0.15) is 0 Å². The van der Waals surface area contributed by atoms with Crippen molar-refractivity contribution < 1.29 is 0 Å². The third kappa shape index (κ3) is 9.49. The van der Waals surface area contributed by atoms with Crippen LogP contribution >= 0.6 is 24.0 Å². The van der Waals surface area contributed by atoms with E-state index >= 15 is 0 Å². The van der Waals surface area contributed by atoms with Crippen LogP contribution in [-0.2, 0) is 0 Å². The quantitative estimate of drug-likeness (QED) is 0.200. The highest BCUT2D eigenvalue weighted by Gasteiger charge is 2.18. The van der Waals surface area contributed by atoms with E-state index in [-0.39, 0.29) is 24.0 Å². The summed E-state index contributed by atoms with van der Waals surface area (Å²) in [6.45, 7) is 14.4. The molecular formula is C23H43IN6. The summed E-state index contributed by atoms with van der Waals surface area (Å²) in [6, 6.07) is 11.1. The molecule has 1 aromatic carbocycles. The first-order valence-electron chi connectivity index (χ1n) is 11.3. The molecule has 0 spiro atoms. The number of nitrogens with zero attached hydrogens (tertiary/aromatic N) is 4. The third-order valence-electron chi connectivity index (χ3n) is 5.91. The maximum Gasteiger partial charge on any atom is 0.191 e. The van der Waals surface area contributed by atoms with E-state index in [1.165, 1.54) is 51.1 Å². The van der Waals surface area contributed by atoms with Crippen LogP contribution in [0.1, 0.15) is 38.3 Å². The molecule has 0 saturated carbocycles. The first-order chi connectivity index (χ1) is 14.2. The third-order valence-corrected chi connectivity index (χ3v) is 5.91. The first-order valence-corrected chi connectivity index (χ1v) is 11.3. The Morgan fingerprint density at radius 3 is 2.30 bits per heavy atom. The fraction of sp³-hybridized carbons (Fsp3) is 0.696. The van der Waals surface area contributed by atoms with Crippen molar-refractivity contribution in [3.05, 3.63) is 35.9 Å². The Hall–Kier alpha value is -0.900. The predicted molar refractivity (Wildman–Crippen MR) is 140 cm³/mol. The van der Waals surface area contributed by atoms with Crippen molar-refractivity contribution in [1.29, 1.82) is 0 Å². The van der Waals surface area contributed by atoms with E-state index in [0.717, 1.165) is 32.1 Å². The summed E-state index contributed by atoms with van der Waals surface area (Å²) in [5, 5.41) is 7.03. The Labute approximate surface area is 201 Å². The maximum absolute atomic E-state index is 4.42. The van der Waals surface area contributed by atoms with E-state index in [1.807, 2.05) is 7.05 Å². The van der Waals surface area contributed by atoms with E-state index in [1.54, 1.807) is 0 Å². The molecule has 1 fully saturated rings. The average molecular weight is 531 g/mol. The van der Waals surface area contributed by atoms with Crippen molar-refractivity contribution in [3.63, 3.8) is 0 Å². The van der Waals surface area contributed by atoms with Gasteiger partial charge < -0.3 is 20.4 Å². The minimum Gasteiger partial charge on any atom is -0.356 e. The minimum atomic E-state index is 0. The Kier molecular flexibility index (Phi) is 14.3. The number of hydrogen-bond acceptors (Lipinski definition) is 4. The molecular weight excluding hydrogens is 487 g/mol. The molecule has 1 heterocycles. The summed E-state index contributed by atoms with van der Waals surface area (Å²) < 4.78 is 0. The SMILES string of the molecule is CCN(CC)C(CNC(=NC)NCCCCN1CCN(C)CC1)c1ccccc1.I. The smallest absolute Gasteiger partial charge is 0.191 e. The molecule has 0 radical (unpaired) electrons. The Balaban J connectivity index is 0.00000450. The number of guanidine groups is 1. The second-order valence-electron chi connectivity index (χ2n) is 7.88. The van der Waals surface area contributed by atoms with E-state index in [4.69, 9.17) is 0 Å². The van der Waals surface area contributed by atoms with Crippen molar-refractivity contribution in [2.75, 3.05) is 73.0 Å². The molecule has 1 saturated heterocycles. The lowest BCUT2D eigenvalue weighted by atomic mass is 10.1. The second-order valence-corrected chi connectivity index (χ2v) is 7.88. The molecule has 1 aromatic rings. The summed E-state index contributed by atoms with van der Waals surface area (Å²) in [5.41, 5.74) is 1.35. The monoisotopic (exact) mass is 530 g/mol. The fourth-order valence-electron chi connectivity index (χ4n) is 3.95. The Morgan fingerprint density at radius 1 is 1.03 bits per heavy atom. The van der Waals surface area contributed by atoms with E-state index in [9.17, 15) is 0 Å². The summed E-state index contributed by atoms with van der Waals surface area (Å²) in [7, 11) is 4.07. The normalized spacial score (nSPS) is 16.9. The largest absolute Gasteiger partial charge is 0.356 e. The molecule has 30 heavy (non-hydrogen) atoms. The molecule has 0 amide bonds. The highest BCUT2D eigenvalue weighted by Crippen LogP contribution is 2.19. The van der Waals surface area contributed by atoms with Crippen molar-refractivity contribution >= 4 is 29.9 Å². The second kappa shape index (κ2) is 15.8. The molecule has 0 aliphatic carbocycles. The Bertz CT molecular complexity index is 570. The number of piperazine rings is 1. The van der Waals surface area contributed by atoms with Crippen LogP contribution in [0.4, 0.5) is 0 Å². The van der Waals surface area contributed by atoms with E-state index in [2.05, 4.69) is 81.6 Å². The van der Waals surface area contributed by atoms with Gasteiger partial charge in [-0.15, -0.1) is 24.0 Å². The lowest BCUT2D eigenvalue weighted by Gasteiger charge is -2.32. The number of nitrogens with one attached hydrogen (secondary N) is 2. The van der Waals surface area contributed by atoms with E-state index in [0.29, 0.717) is 6.04 Å². The molecule has 6 nitrogen and oxygen atoms in total. The molecule has 2 N–H and O–H groups in total. The zero-order valence-corrected chi connectivity index (χ0v) is 21.8. The molecule has 1 aliphatic rings. The van der Waals surface area contributed by atoms with Gasteiger partial charge >= 0.3 is 0 Å². The molecule has 7 heteroatoms. The van der Waals surface area contributed by atoms with Crippen LogP contribution in [0.5, 0.6) is 0 Å². The van der Waals surface area contributed by atoms with Gasteiger partial charge in [-0.05, 0) is 45.1 Å². The molecule has 2 rings (SSSR count).